The Hall–Kier alpha value is -1.63. The number of amides is 4. The normalized spacial score (nSPS) is 34.5. The van der Waals surface area contributed by atoms with Crippen LogP contribution in [0.25, 0.3) is 0 Å². The zero-order valence-corrected chi connectivity index (χ0v) is 15.1. The van der Waals surface area contributed by atoms with Gasteiger partial charge < -0.3 is 15.5 Å². The number of nitrogens with zero attached hydrogens (tertiary/aromatic N) is 2. The van der Waals surface area contributed by atoms with Crippen LogP contribution in [0, 0.1) is 0 Å². The molecule has 1 saturated carbocycles. The van der Waals surface area contributed by atoms with Gasteiger partial charge in [0.2, 0.25) is 5.91 Å². The third-order valence-electron chi connectivity index (χ3n) is 6.74. The third-order valence-corrected chi connectivity index (χ3v) is 6.74. The minimum atomic E-state index is -0.752. The smallest absolute Gasteiger partial charge is 0.325 e. The lowest BCUT2D eigenvalue weighted by Gasteiger charge is -2.37. The standard InChI is InChI=1S/C18H28N4O3/c1-11(22-16(24)18(20-17(22)25)7-3-4-8-18)15(23)21(2)14-9-12-5-6-13(10-14)19-12/h11-14,19H,3-10H2,1-2H3,(H,20,25). The summed E-state index contributed by atoms with van der Waals surface area (Å²) >= 11 is 0. The molecule has 0 aromatic rings. The highest BCUT2D eigenvalue weighted by molar-refractivity contribution is 6.09. The molecule has 3 heterocycles. The number of rotatable bonds is 3. The van der Waals surface area contributed by atoms with Gasteiger partial charge in [-0.15, -0.1) is 0 Å². The predicted octanol–water partition coefficient (Wildman–Crippen LogP) is 0.981. The van der Waals surface area contributed by atoms with Crippen LogP contribution in [0.3, 0.4) is 0 Å². The number of hydrogen-bond donors (Lipinski definition) is 2. The minimum Gasteiger partial charge on any atom is -0.341 e. The Labute approximate surface area is 148 Å². The lowest BCUT2D eigenvalue weighted by molar-refractivity contribution is -0.143. The molecular weight excluding hydrogens is 320 g/mol. The Balaban J connectivity index is 1.46. The van der Waals surface area contributed by atoms with Gasteiger partial charge in [-0.2, -0.15) is 0 Å². The fourth-order valence-corrected chi connectivity index (χ4v) is 5.24. The number of carbonyl (C=O) groups excluding carboxylic acids is 3. The molecule has 7 heteroatoms. The molecule has 3 atom stereocenters. The molecule has 2 N–H and O–H groups in total. The molecule has 4 fully saturated rings. The van der Waals surface area contributed by atoms with Crippen LogP contribution < -0.4 is 10.6 Å². The fourth-order valence-electron chi connectivity index (χ4n) is 5.24. The topological polar surface area (TPSA) is 81.8 Å². The van der Waals surface area contributed by atoms with Crippen molar-refractivity contribution in [3.05, 3.63) is 0 Å². The summed E-state index contributed by atoms with van der Waals surface area (Å²) in [5, 5.41) is 6.44. The maximum absolute atomic E-state index is 13.0. The van der Waals surface area contributed by atoms with Crippen LogP contribution in [0.1, 0.15) is 58.3 Å². The first-order valence-corrected chi connectivity index (χ1v) is 9.60. The molecular formula is C18H28N4O3. The molecule has 4 rings (SSSR count). The van der Waals surface area contributed by atoms with Crippen LogP contribution in [-0.4, -0.2) is 64.4 Å². The van der Waals surface area contributed by atoms with Gasteiger partial charge in [0.1, 0.15) is 11.6 Å². The molecule has 7 nitrogen and oxygen atoms in total. The number of piperidine rings is 1. The first-order chi connectivity index (χ1) is 11.9. The van der Waals surface area contributed by atoms with Crippen molar-refractivity contribution in [3.8, 4) is 0 Å². The van der Waals surface area contributed by atoms with Gasteiger partial charge in [0.15, 0.2) is 0 Å². The van der Waals surface area contributed by atoms with Gasteiger partial charge in [-0.1, -0.05) is 12.8 Å². The van der Waals surface area contributed by atoms with Crippen molar-refractivity contribution >= 4 is 17.8 Å². The number of imide groups is 1. The van der Waals surface area contributed by atoms with E-state index >= 15 is 0 Å². The summed E-state index contributed by atoms with van der Waals surface area (Å²) in [5.41, 5.74) is -0.752. The Bertz CT molecular complexity index is 589. The van der Waals surface area contributed by atoms with Crippen molar-refractivity contribution in [2.45, 2.75) is 88.0 Å². The van der Waals surface area contributed by atoms with E-state index in [4.69, 9.17) is 0 Å². The van der Waals surface area contributed by atoms with Gasteiger partial charge in [0, 0.05) is 25.2 Å². The van der Waals surface area contributed by atoms with Crippen molar-refractivity contribution in [3.63, 3.8) is 0 Å². The molecule has 138 valence electrons. The molecule has 1 spiro atoms. The summed E-state index contributed by atoms with van der Waals surface area (Å²) in [6, 6.07) is 0.0204. The van der Waals surface area contributed by atoms with Crippen LogP contribution in [-0.2, 0) is 9.59 Å². The molecule has 3 unspecified atom stereocenters. The monoisotopic (exact) mass is 348 g/mol. The fraction of sp³-hybridized carbons (Fsp3) is 0.833. The van der Waals surface area contributed by atoms with E-state index < -0.39 is 17.6 Å². The van der Waals surface area contributed by atoms with E-state index in [1.54, 1.807) is 11.8 Å². The first kappa shape index (κ1) is 16.8. The number of urea groups is 1. The highest BCUT2D eigenvalue weighted by atomic mass is 16.2. The molecule has 3 aliphatic heterocycles. The molecule has 4 amide bonds. The van der Waals surface area contributed by atoms with Gasteiger partial charge >= 0.3 is 6.03 Å². The highest BCUT2D eigenvalue weighted by Crippen LogP contribution is 2.36. The summed E-state index contributed by atoms with van der Waals surface area (Å²) < 4.78 is 0. The minimum absolute atomic E-state index is 0.134. The Morgan fingerprint density at radius 3 is 2.40 bits per heavy atom. The quantitative estimate of drug-likeness (QED) is 0.745. The lowest BCUT2D eigenvalue weighted by atomic mass is 9.96. The van der Waals surface area contributed by atoms with Crippen molar-refractivity contribution < 1.29 is 14.4 Å². The summed E-state index contributed by atoms with van der Waals surface area (Å²) in [4.78, 5) is 41.2. The molecule has 2 bridgehead atoms. The summed E-state index contributed by atoms with van der Waals surface area (Å²) in [6.07, 6.45) is 7.51. The largest absolute Gasteiger partial charge is 0.341 e. The van der Waals surface area contributed by atoms with E-state index in [1.807, 2.05) is 7.05 Å². The lowest BCUT2D eigenvalue weighted by Crippen LogP contribution is -2.55. The van der Waals surface area contributed by atoms with E-state index in [9.17, 15) is 14.4 Å². The third kappa shape index (κ3) is 2.63. The van der Waals surface area contributed by atoms with Crippen molar-refractivity contribution in [2.24, 2.45) is 0 Å². The second-order valence-electron chi connectivity index (χ2n) is 8.28. The zero-order chi connectivity index (χ0) is 17.8. The summed E-state index contributed by atoms with van der Waals surface area (Å²) in [5.74, 6) is -0.348. The van der Waals surface area contributed by atoms with E-state index in [0.29, 0.717) is 24.9 Å². The van der Waals surface area contributed by atoms with E-state index in [0.717, 1.165) is 25.7 Å². The van der Waals surface area contributed by atoms with E-state index in [2.05, 4.69) is 10.6 Å². The van der Waals surface area contributed by atoms with Crippen molar-refractivity contribution in [1.82, 2.24) is 20.4 Å². The molecule has 0 radical (unpaired) electrons. The second-order valence-corrected chi connectivity index (χ2v) is 8.28. The zero-order valence-electron chi connectivity index (χ0n) is 15.1. The molecule has 1 aliphatic carbocycles. The Morgan fingerprint density at radius 2 is 1.80 bits per heavy atom. The van der Waals surface area contributed by atoms with Gasteiger partial charge in [-0.25, -0.2) is 9.69 Å². The summed E-state index contributed by atoms with van der Waals surface area (Å²) in [6.45, 7) is 1.68. The molecule has 0 aromatic heterocycles. The average molecular weight is 348 g/mol. The number of hydrogen-bond acceptors (Lipinski definition) is 4. The van der Waals surface area contributed by atoms with Gasteiger partial charge in [-0.05, 0) is 45.4 Å². The highest BCUT2D eigenvalue weighted by Gasteiger charge is 2.55. The van der Waals surface area contributed by atoms with Crippen LogP contribution in [0.2, 0.25) is 0 Å². The van der Waals surface area contributed by atoms with Crippen LogP contribution in [0.4, 0.5) is 4.79 Å². The van der Waals surface area contributed by atoms with Crippen LogP contribution in [0.15, 0.2) is 0 Å². The Kier molecular flexibility index (Phi) is 4.02. The molecule has 25 heavy (non-hydrogen) atoms. The second kappa shape index (κ2) is 5.97. The number of nitrogens with one attached hydrogen (secondary N) is 2. The van der Waals surface area contributed by atoms with Gasteiger partial charge in [-0.3, -0.25) is 9.59 Å². The van der Waals surface area contributed by atoms with Crippen LogP contribution in [0.5, 0.6) is 0 Å². The number of carbonyl (C=O) groups is 3. The predicted molar refractivity (Wildman–Crippen MR) is 91.8 cm³/mol. The number of fused-ring (bicyclic) bond motifs is 2. The maximum atomic E-state index is 13.0. The summed E-state index contributed by atoms with van der Waals surface area (Å²) in [7, 11) is 1.82. The average Bonchev–Trinajstić information content (AvgIpc) is 3.26. The first-order valence-electron chi connectivity index (χ1n) is 9.60. The number of likely N-dealkylation sites (N-methyl/N-ethyl adjacent to an activating group) is 1. The molecule has 3 saturated heterocycles. The van der Waals surface area contributed by atoms with E-state index in [-0.39, 0.29) is 17.9 Å². The van der Waals surface area contributed by atoms with E-state index in [1.165, 1.54) is 17.7 Å². The van der Waals surface area contributed by atoms with Gasteiger partial charge in [0.25, 0.3) is 5.91 Å². The maximum Gasteiger partial charge on any atom is 0.325 e. The van der Waals surface area contributed by atoms with Crippen LogP contribution >= 0.6 is 0 Å². The molecule has 4 aliphatic rings. The van der Waals surface area contributed by atoms with Crippen molar-refractivity contribution in [1.29, 1.82) is 0 Å². The molecule has 0 aromatic carbocycles. The van der Waals surface area contributed by atoms with Crippen molar-refractivity contribution in [2.75, 3.05) is 7.05 Å². The Morgan fingerprint density at radius 1 is 1.20 bits per heavy atom. The van der Waals surface area contributed by atoms with Gasteiger partial charge in [0.05, 0.1) is 0 Å². The SMILES string of the molecule is CC(C(=O)N(C)C1CC2CCC(C1)N2)N1C(=O)NC2(CCCC2)C1=O.